The number of carboxylic acid groups (broad SMARTS) is 1. The van der Waals surface area contributed by atoms with Crippen molar-refractivity contribution in [2.45, 2.75) is 32.4 Å². The Kier molecular flexibility index (Phi) is 5.30. The Morgan fingerprint density at radius 3 is 2.64 bits per heavy atom. The summed E-state index contributed by atoms with van der Waals surface area (Å²) in [5.41, 5.74) is 1.20. The van der Waals surface area contributed by atoms with Gasteiger partial charge in [0.1, 0.15) is 0 Å². The SMILES string of the molecule is CCC(NC(=O)CCn1cc(C(=O)O)cn1)c1ccccc1. The lowest BCUT2D eigenvalue weighted by Gasteiger charge is -2.17. The second-order valence-electron chi connectivity index (χ2n) is 4.99. The Bertz CT molecular complexity index is 637. The van der Waals surface area contributed by atoms with E-state index in [0.29, 0.717) is 6.54 Å². The molecule has 1 atom stereocenters. The molecule has 2 N–H and O–H groups in total. The molecule has 0 bridgehead atoms. The molecule has 0 aliphatic heterocycles. The van der Waals surface area contributed by atoms with Crippen molar-refractivity contribution in [1.29, 1.82) is 0 Å². The monoisotopic (exact) mass is 301 g/mol. The van der Waals surface area contributed by atoms with Gasteiger partial charge in [-0.15, -0.1) is 0 Å². The summed E-state index contributed by atoms with van der Waals surface area (Å²) in [6.45, 7) is 2.37. The van der Waals surface area contributed by atoms with E-state index in [0.717, 1.165) is 12.0 Å². The first kappa shape index (κ1) is 15.8. The summed E-state index contributed by atoms with van der Waals surface area (Å²) in [4.78, 5) is 22.8. The molecule has 0 radical (unpaired) electrons. The summed E-state index contributed by atoms with van der Waals surface area (Å²) in [6, 6.07) is 9.79. The van der Waals surface area contributed by atoms with Gasteiger partial charge in [-0.25, -0.2) is 4.79 Å². The third-order valence-electron chi connectivity index (χ3n) is 3.39. The summed E-state index contributed by atoms with van der Waals surface area (Å²) in [6.07, 6.45) is 3.76. The number of rotatable bonds is 7. The van der Waals surface area contributed by atoms with Crippen LogP contribution in [0.2, 0.25) is 0 Å². The summed E-state index contributed by atoms with van der Waals surface area (Å²) in [5.74, 6) is -1.10. The number of aromatic nitrogens is 2. The lowest BCUT2D eigenvalue weighted by atomic mass is 10.0. The summed E-state index contributed by atoms with van der Waals surface area (Å²) in [7, 11) is 0. The van der Waals surface area contributed by atoms with E-state index in [9.17, 15) is 9.59 Å². The highest BCUT2D eigenvalue weighted by Crippen LogP contribution is 2.15. The average molecular weight is 301 g/mol. The number of carbonyl (C=O) groups excluding carboxylic acids is 1. The number of hydrogen-bond acceptors (Lipinski definition) is 3. The maximum absolute atomic E-state index is 12.0. The molecular weight excluding hydrogens is 282 g/mol. The van der Waals surface area contributed by atoms with E-state index < -0.39 is 5.97 Å². The highest BCUT2D eigenvalue weighted by atomic mass is 16.4. The highest BCUT2D eigenvalue weighted by Gasteiger charge is 2.13. The summed E-state index contributed by atoms with van der Waals surface area (Å²) in [5, 5.41) is 15.7. The molecule has 0 saturated carbocycles. The minimum Gasteiger partial charge on any atom is -0.478 e. The van der Waals surface area contributed by atoms with Crippen molar-refractivity contribution in [2.24, 2.45) is 0 Å². The molecule has 6 heteroatoms. The van der Waals surface area contributed by atoms with Crippen LogP contribution >= 0.6 is 0 Å². The van der Waals surface area contributed by atoms with Gasteiger partial charge < -0.3 is 10.4 Å². The van der Waals surface area contributed by atoms with Crippen molar-refractivity contribution in [3.05, 3.63) is 53.9 Å². The lowest BCUT2D eigenvalue weighted by Crippen LogP contribution is -2.28. The van der Waals surface area contributed by atoms with Gasteiger partial charge in [0.2, 0.25) is 5.91 Å². The minimum atomic E-state index is -1.02. The van der Waals surface area contributed by atoms with Crippen molar-refractivity contribution in [1.82, 2.24) is 15.1 Å². The van der Waals surface area contributed by atoms with Crippen LogP contribution in [0.1, 0.15) is 41.7 Å². The van der Waals surface area contributed by atoms with E-state index in [4.69, 9.17) is 5.11 Å². The number of aryl methyl sites for hydroxylation is 1. The normalized spacial score (nSPS) is 11.9. The standard InChI is InChI=1S/C16H19N3O3/c1-2-14(12-6-4-3-5-7-12)18-15(20)8-9-19-11-13(10-17-19)16(21)22/h3-7,10-11,14H,2,8-9H2,1H3,(H,18,20)(H,21,22). The zero-order valence-corrected chi connectivity index (χ0v) is 12.4. The van der Waals surface area contributed by atoms with Crippen LogP contribution < -0.4 is 5.32 Å². The van der Waals surface area contributed by atoms with E-state index >= 15 is 0 Å². The van der Waals surface area contributed by atoms with Crippen LogP contribution in [0.5, 0.6) is 0 Å². The van der Waals surface area contributed by atoms with E-state index in [1.54, 1.807) is 0 Å². The van der Waals surface area contributed by atoms with Gasteiger partial charge in [0, 0.05) is 19.2 Å². The van der Waals surface area contributed by atoms with Gasteiger partial charge in [0.25, 0.3) is 0 Å². The molecule has 6 nitrogen and oxygen atoms in total. The lowest BCUT2D eigenvalue weighted by molar-refractivity contribution is -0.122. The van der Waals surface area contributed by atoms with Crippen molar-refractivity contribution < 1.29 is 14.7 Å². The van der Waals surface area contributed by atoms with Gasteiger partial charge in [-0.3, -0.25) is 9.48 Å². The molecule has 0 aliphatic rings. The highest BCUT2D eigenvalue weighted by molar-refractivity contribution is 5.86. The van der Waals surface area contributed by atoms with Gasteiger partial charge in [0.05, 0.1) is 17.8 Å². The Labute approximate surface area is 128 Å². The van der Waals surface area contributed by atoms with Crippen molar-refractivity contribution in [2.75, 3.05) is 0 Å². The Morgan fingerprint density at radius 1 is 1.32 bits per heavy atom. The van der Waals surface area contributed by atoms with Crippen LogP contribution in [0.25, 0.3) is 0 Å². The second-order valence-corrected chi connectivity index (χ2v) is 4.99. The smallest absolute Gasteiger partial charge is 0.338 e. The molecule has 0 spiro atoms. The predicted octanol–water partition coefficient (Wildman–Crippen LogP) is 2.24. The number of amides is 1. The Morgan fingerprint density at radius 2 is 2.05 bits per heavy atom. The molecule has 0 fully saturated rings. The number of nitrogens with one attached hydrogen (secondary N) is 1. The van der Waals surface area contributed by atoms with Gasteiger partial charge in [-0.2, -0.15) is 5.10 Å². The van der Waals surface area contributed by atoms with Crippen LogP contribution in [-0.2, 0) is 11.3 Å². The predicted molar refractivity (Wildman–Crippen MR) is 81.4 cm³/mol. The second kappa shape index (κ2) is 7.40. The number of hydrogen-bond donors (Lipinski definition) is 2. The molecule has 0 saturated heterocycles. The number of benzene rings is 1. The van der Waals surface area contributed by atoms with E-state index in [-0.39, 0.29) is 23.9 Å². The molecule has 1 aromatic heterocycles. The largest absolute Gasteiger partial charge is 0.478 e. The molecule has 1 amide bonds. The van der Waals surface area contributed by atoms with Crippen molar-refractivity contribution in [3.63, 3.8) is 0 Å². The number of aromatic carboxylic acids is 1. The first-order chi connectivity index (χ1) is 10.6. The van der Waals surface area contributed by atoms with Crippen LogP contribution in [-0.4, -0.2) is 26.8 Å². The van der Waals surface area contributed by atoms with Crippen LogP contribution in [0.4, 0.5) is 0 Å². The molecular formula is C16H19N3O3. The molecule has 0 aliphatic carbocycles. The molecule has 1 heterocycles. The molecule has 116 valence electrons. The molecule has 1 aromatic carbocycles. The number of nitrogens with zero attached hydrogens (tertiary/aromatic N) is 2. The minimum absolute atomic E-state index is 0.0131. The van der Waals surface area contributed by atoms with E-state index in [1.807, 2.05) is 37.3 Å². The Hall–Kier alpha value is -2.63. The first-order valence-electron chi connectivity index (χ1n) is 7.20. The summed E-state index contributed by atoms with van der Waals surface area (Å²) >= 11 is 0. The third-order valence-corrected chi connectivity index (χ3v) is 3.39. The van der Waals surface area contributed by atoms with E-state index in [2.05, 4.69) is 10.4 Å². The topological polar surface area (TPSA) is 84.2 Å². The average Bonchev–Trinajstić information content (AvgIpc) is 3.01. The molecule has 2 aromatic rings. The fourth-order valence-electron chi connectivity index (χ4n) is 2.19. The van der Waals surface area contributed by atoms with E-state index in [1.165, 1.54) is 17.1 Å². The Balaban J connectivity index is 1.87. The van der Waals surface area contributed by atoms with Crippen molar-refractivity contribution in [3.8, 4) is 0 Å². The van der Waals surface area contributed by atoms with Crippen LogP contribution in [0.15, 0.2) is 42.7 Å². The summed E-state index contributed by atoms with van der Waals surface area (Å²) < 4.78 is 1.46. The van der Waals surface area contributed by atoms with Gasteiger partial charge in [0.15, 0.2) is 0 Å². The van der Waals surface area contributed by atoms with Gasteiger partial charge in [-0.1, -0.05) is 37.3 Å². The van der Waals surface area contributed by atoms with Gasteiger partial charge in [-0.05, 0) is 12.0 Å². The molecule has 22 heavy (non-hydrogen) atoms. The van der Waals surface area contributed by atoms with Crippen LogP contribution in [0, 0.1) is 0 Å². The third kappa shape index (κ3) is 4.18. The van der Waals surface area contributed by atoms with Crippen LogP contribution in [0.3, 0.4) is 0 Å². The fourth-order valence-corrected chi connectivity index (χ4v) is 2.19. The zero-order valence-electron chi connectivity index (χ0n) is 12.4. The maximum atomic E-state index is 12.0. The molecule has 1 unspecified atom stereocenters. The first-order valence-corrected chi connectivity index (χ1v) is 7.20. The quantitative estimate of drug-likeness (QED) is 0.821. The van der Waals surface area contributed by atoms with Crippen molar-refractivity contribution >= 4 is 11.9 Å². The molecule has 2 rings (SSSR count). The van der Waals surface area contributed by atoms with Gasteiger partial charge >= 0.3 is 5.97 Å². The fraction of sp³-hybridized carbons (Fsp3) is 0.312. The number of carbonyl (C=O) groups is 2. The zero-order chi connectivity index (χ0) is 15.9. The number of carboxylic acids is 1. The maximum Gasteiger partial charge on any atom is 0.338 e.